The van der Waals surface area contributed by atoms with E-state index >= 15 is 0 Å². The molecule has 0 saturated heterocycles. The fourth-order valence-corrected chi connectivity index (χ4v) is 1.85. The smallest absolute Gasteiger partial charge is 0.241 e. The number of rotatable bonds is 4. The van der Waals surface area contributed by atoms with Gasteiger partial charge in [-0.25, -0.2) is 4.39 Å². The molecular weight excluding hydrogens is 278 g/mol. The van der Waals surface area contributed by atoms with Gasteiger partial charge in [-0.15, -0.1) is 0 Å². The Kier molecular flexibility index (Phi) is 5.38. The second kappa shape index (κ2) is 6.36. The minimum Gasteiger partial charge on any atom is -0.325 e. The van der Waals surface area contributed by atoms with Crippen molar-refractivity contribution in [3.8, 4) is 0 Å². The third-order valence-corrected chi connectivity index (χ3v) is 3.36. The van der Waals surface area contributed by atoms with Crippen LogP contribution in [0, 0.1) is 11.7 Å². The Labute approximate surface area is 115 Å². The molecule has 3 nitrogen and oxygen atoms in total. The summed E-state index contributed by atoms with van der Waals surface area (Å²) >= 11 is 11.3. The van der Waals surface area contributed by atoms with E-state index in [9.17, 15) is 9.18 Å². The molecule has 0 saturated carbocycles. The summed E-state index contributed by atoms with van der Waals surface area (Å²) in [6.07, 6.45) is 0.791. The highest BCUT2D eigenvalue weighted by atomic mass is 35.5. The first-order valence-corrected chi connectivity index (χ1v) is 6.33. The molecule has 18 heavy (non-hydrogen) atoms. The van der Waals surface area contributed by atoms with Gasteiger partial charge >= 0.3 is 0 Å². The van der Waals surface area contributed by atoms with Crippen molar-refractivity contribution in [1.29, 1.82) is 0 Å². The van der Waals surface area contributed by atoms with E-state index in [4.69, 9.17) is 28.9 Å². The van der Waals surface area contributed by atoms with Crippen LogP contribution in [0.15, 0.2) is 12.1 Å². The van der Waals surface area contributed by atoms with Crippen LogP contribution < -0.4 is 11.1 Å². The Morgan fingerprint density at radius 2 is 1.94 bits per heavy atom. The van der Waals surface area contributed by atoms with E-state index in [1.165, 1.54) is 12.1 Å². The molecule has 0 bridgehead atoms. The molecule has 1 amide bonds. The van der Waals surface area contributed by atoms with Gasteiger partial charge in [-0.05, 0) is 18.1 Å². The summed E-state index contributed by atoms with van der Waals surface area (Å²) in [7, 11) is 0. The molecule has 0 heterocycles. The molecule has 0 aromatic heterocycles. The van der Waals surface area contributed by atoms with Crippen LogP contribution >= 0.6 is 23.2 Å². The number of nitrogens with two attached hydrogens (primary N) is 1. The summed E-state index contributed by atoms with van der Waals surface area (Å²) in [4.78, 5) is 11.8. The number of hydrogen-bond acceptors (Lipinski definition) is 2. The molecular formula is C12H15Cl2FN2O. The van der Waals surface area contributed by atoms with Gasteiger partial charge in [0.2, 0.25) is 5.91 Å². The minimum atomic E-state index is -0.706. The number of anilines is 1. The quantitative estimate of drug-likeness (QED) is 0.835. The maximum atomic E-state index is 13.2. The molecule has 1 aromatic rings. The maximum Gasteiger partial charge on any atom is 0.241 e. The summed E-state index contributed by atoms with van der Waals surface area (Å²) in [5, 5.41) is 2.28. The maximum absolute atomic E-state index is 13.2. The van der Waals surface area contributed by atoms with Crippen LogP contribution in [0.1, 0.15) is 20.3 Å². The summed E-state index contributed by atoms with van der Waals surface area (Å²) < 4.78 is 13.2. The number of carbonyl (C=O) groups excluding carboxylic acids is 1. The first kappa shape index (κ1) is 15.2. The van der Waals surface area contributed by atoms with Crippen molar-refractivity contribution in [2.75, 3.05) is 5.32 Å². The highest BCUT2D eigenvalue weighted by Crippen LogP contribution is 2.27. The van der Waals surface area contributed by atoms with Crippen molar-refractivity contribution < 1.29 is 9.18 Å². The molecule has 6 heteroatoms. The van der Waals surface area contributed by atoms with E-state index in [1.807, 2.05) is 13.8 Å². The number of benzene rings is 1. The van der Waals surface area contributed by atoms with Crippen molar-refractivity contribution >= 4 is 34.8 Å². The van der Waals surface area contributed by atoms with E-state index < -0.39 is 11.9 Å². The van der Waals surface area contributed by atoms with Gasteiger partial charge in [-0.2, -0.15) is 0 Å². The van der Waals surface area contributed by atoms with E-state index in [1.54, 1.807) is 0 Å². The standard InChI is InChI=1S/C12H15Cl2FN2O/c1-3-6(2)11(16)12(18)17-7-4-8(13)10(15)9(14)5-7/h4-6,11H,3,16H2,1-2H3,(H,17,18)/t6?,11-/m0/s1. The zero-order chi connectivity index (χ0) is 13.9. The average Bonchev–Trinajstić information content (AvgIpc) is 2.33. The molecule has 0 aliphatic heterocycles. The molecule has 1 rings (SSSR count). The van der Waals surface area contributed by atoms with Gasteiger partial charge in [0, 0.05) is 5.69 Å². The zero-order valence-corrected chi connectivity index (χ0v) is 11.6. The van der Waals surface area contributed by atoms with Crippen molar-refractivity contribution in [1.82, 2.24) is 0 Å². The minimum absolute atomic E-state index is 0.0522. The number of halogens is 3. The zero-order valence-electron chi connectivity index (χ0n) is 10.1. The van der Waals surface area contributed by atoms with E-state index in [0.717, 1.165) is 6.42 Å². The first-order valence-electron chi connectivity index (χ1n) is 5.57. The topological polar surface area (TPSA) is 55.1 Å². The van der Waals surface area contributed by atoms with Gasteiger partial charge < -0.3 is 11.1 Å². The lowest BCUT2D eigenvalue weighted by Gasteiger charge is -2.18. The second-order valence-electron chi connectivity index (χ2n) is 4.15. The highest BCUT2D eigenvalue weighted by molar-refractivity contribution is 6.35. The van der Waals surface area contributed by atoms with Crippen molar-refractivity contribution in [2.45, 2.75) is 26.3 Å². The SMILES string of the molecule is CCC(C)[C@H](N)C(=O)Nc1cc(Cl)c(F)c(Cl)c1. The third kappa shape index (κ3) is 3.57. The van der Waals surface area contributed by atoms with Gasteiger partial charge in [0.25, 0.3) is 0 Å². The van der Waals surface area contributed by atoms with Crippen LogP contribution in [0.25, 0.3) is 0 Å². The van der Waals surface area contributed by atoms with Crippen LogP contribution in [0.4, 0.5) is 10.1 Å². The molecule has 0 aliphatic rings. The fraction of sp³-hybridized carbons (Fsp3) is 0.417. The Bertz CT molecular complexity index is 431. The lowest BCUT2D eigenvalue weighted by Crippen LogP contribution is -2.40. The van der Waals surface area contributed by atoms with Gasteiger partial charge in [0.1, 0.15) is 0 Å². The normalized spacial score (nSPS) is 14.1. The molecule has 0 fully saturated rings. The van der Waals surface area contributed by atoms with Crippen LogP contribution in [0.5, 0.6) is 0 Å². The summed E-state index contributed by atoms with van der Waals surface area (Å²) in [5.74, 6) is -0.998. The second-order valence-corrected chi connectivity index (χ2v) is 4.97. The largest absolute Gasteiger partial charge is 0.325 e. The first-order chi connectivity index (χ1) is 8.36. The van der Waals surface area contributed by atoms with Crippen LogP contribution in [0.2, 0.25) is 10.0 Å². The highest BCUT2D eigenvalue weighted by Gasteiger charge is 2.20. The van der Waals surface area contributed by atoms with Gasteiger partial charge in [0.15, 0.2) is 5.82 Å². The van der Waals surface area contributed by atoms with Gasteiger partial charge in [-0.1, -0.05) is 43.5 Å². The van der Waals surface area contributed by atoms with Crippen molar-refractivity contribution in [2.24, 2.45) is 11.7 Å². The molecule has 0 radical (unpaired) electrons. The monoisotopic (exact) mass is 292 g/mol. The van der Waals surface area contributed by atoms with E-state index in [-0.39, 0.29) is 21.9 Å². The van der Waals surface area contributed by atoms with Crippen molar-refractivity contribution in [3.63, 3.8) is 0 Å². The van der Waals surface area contributed by atoms with Gasteiger partial charge in [0.05, 0.1) is 16.1 Å². The van der Waals surface area contributed by atoms with Crippen LogP contribution in [-0.4, -0.2) is 11.9 Å². The summed E-state index contributed by atoms with van der Waals surface area (Å²) in [6.45, 7) is 3.83. The Morgan fingerprint density at radius 3 is 2.39 bits per heavy atom. The predicted octanol–water partition coefficient (Wildman–Crippen LogP) is 3.44. The predicted molar refractivity (Wildman–Crippen MR) is 72.5 cm³/mol. The van der Waals surface area contributed by atoms with E-state index in [0.29, 0.717) is 5.69 Å². The van der Waals surface area contributed by atoms with Crippen LogP contribution in [-0.2, 0) is 4.79 Å². The molecule has 0 spiro atoms. The molecule has 1 unspecified atom stereocenters. The number of hydrogen-bond donors (Lipinski definition) is 2. The summed E-state index contributed by atoms with van der Waals surface area (Å²) in [6, 6.07) is 1.96. The Morgan fingerprint density at radius 1 is 1.44 bits per heavy atom. The van der Waals surface area contributed by atoms with E-state index in [2.05, 4.69) is 5.32 Å². The molecule has 100 valence electrons. The molecule has 1 aromatic carbocycles. The Hall–Kier alpha value is -0.840. The molecule has 2 atom stereocenters. The third-order valence-electron chi connectivity index (χ3n) is 2.81. The lowest BCUT2D eigenvalue weighted by atomic mass is 9.99. The number of carbonyl (C=O) groups is 1. The van der Waals surface area contributed by atoms with Crippen molar-refractivity contribution in [3.05, 3.63) is 28.0 Å². The van der Waals surface area contributed by atoms with Crippen LogP contribution in [0.3, 0.4) is 0 Å². The number of nitrogens with one attached hydrogen (secondary N) is 1. The lowest BCUT2D eigenvalue weighted by molar-refractivity contribution is -0.118. The molecule has 3 N–H and O–H groups in total. The Balaban J connectivity index is 2.82. The fourth-order valence-electron chi connectivity index (χ4n) is 1.37. The number of amides is 1. The average molecular weight is 293 g/mol. The molecule has 0 aliphatic carbocycles. The van der Waals surface area contributed by atoms with Gasteiger partial charge in [-0.3, -0.25) is 4.79 Å². The summed E-state index contributed by atoms with van der Waals surface area (Å²) in [5.41, 5.74) is 6.10.